The van der Waals surface area contributed by atoms with Gasteiger partial charge in [0.1, 0.15) is 0 Å². The molecule has 9 heteroatoms. The maximum absolute atomic E-state index is 11.7. The summed E-state index contributed by atoms with van der Waals surface area (Å²) in [6.07, 6.45) is 2.17. The molecule has 1 heterocycles. The Bertz CT molecular complexity index is 437. The van der Waals surface area contributed by atoms with E-state index in [-0.39, 0.29) is 18.3 Å². The highest BCUT2D eigenvalue weighted by molar-refractivity contribution is 5.92. The van der Waals surface area contributed by atoms with Gasteiger partial charge >= 0.3 is 5.97 Å². The Morgan fingerprint density at radius 1 is 1.48 bits per heavy atom. The van der Waals surface area contributed by atoms with Gasteiger partial charge in [-0.1, -0.05) is 0 Å². The van der Waals surface area contributed by atoms with Gasteiger partial charge in [-0.25, -0.2) is 0 Å². The smallest absolute Gasteiger partial charge is 0.307 e. The minimum atomic E-state index is -0.922. The van der Waals surface area contributed by atoms with Crippen LogP contribution in [0.2, 0.25) is 0 Å². The van der Waals surface area contributed by atoms with E-state index in [0.29, 0.717) is 25.9 Å². The van der Waals surface area contributed by atoms with Gasteiger partial charge in [-0.2, -0.15) is 15.4 Å². The number of rotatable bonds is 10. The van der Waals surface area contributed by atoms with Gasteiger partial charge in [0.15, 0.2) is 5.69 Å². The number of carbonyl (C=O) groups excluding carboxylic acids is 1. The summed E-state index contributed by atoms with van der Waals surface area (Å²) in [7, 11) is 0. The van der Waals surface area contributed by atoms with E-state index in [9.17, 15) is 9.59 Å². The predicted octanol–water partition coefficient (Wildman–Crippen LogP) is -1.01. The second-order valence-electron chi connectivity index (χ2n) is 4.78. The number of aromatic amines is 1. The van der Waals surface area contributed by atoms with Crippen LogP contribution in [0, 0.1) is 5.92 Å². The summed E-state index contributed by atoms with van der Waals surface area (Å²) >= 11 is 0. The predicted molar refractivity (Wildman–Crippen MR) is 73.6 cm³/mol. The molecule has 0 spiro atoms. The molecule has 0 saturated carbocycles. The lowest BCUT2D eigenvalue weighted by atomic mass is 10.0. The van der Waals surface area contributed by atoms with Crippen molar-refractivity contribution in [1.29, 1.82) is 0 Å². The first-order valence-electron chi connectivity index (χ1n) is 6.75. The summed E-state index contributed by atoms with van der Waals surface area (Å²) in [5.74, 6) is -1.93. The van der Waals surface area contributed by atoms with Crippen LogP contribution in [-0.2, 0) is 4.79 Å². The number of carboxylic acids is 1. The van der Waals surface area contributed by atoms with Crippen molar-refractivity contribution in [2.45, 2.75) is 25.8 Å². The normalized spacial score (nSPS) is 13.6. The molecule has 2 atom stereocenters. The van der Waals surface area contributed by atoms with Crippen LogP contribution in [0.5, 0.6) is 0 Å². The molecule has 21 heavy (non-hydrogen) atoms. The van der Waals surface area contributed by atoms with E-state index in [4.69, 9.17) is 10.2 Å². The highest BCUT2D eigenvalue weighted by atomic mass is 16.4. The minimum absolute atomic E-state index is 0.0644. The molecular weight excluding hydrogens is 278 g/mol. The SMILES string of the molecule is CC(CC(CNCCCO)C(=O)O)NC(=O)c1cn[nH]n1. The van der Waals surface area contributed by atoms with Gasteiger partial charge < -0.3 is 20.8 Å². The average Bonchev–Trinajstić information content (AvgIpc) is 2.96. The molecule has 118 valence electrons. The molecule has 1 amide bonds. The summed E-state index contributed by atoms with van der Waals surface area (Å²) in [5.41, 5.74) is 0.162. The molecule has 5 N–H and O–H groups in total. The van der Waals surface area contributed by atoms with Crippen LogP contribution in [0.1, 0.15) is 30.3 Å². The fraction of sp³-hybridized carbons (Fsp3) is 0.667. The Labute approximate surface area is 122 Å². The lowest BCUT2D eigenvalue weighted by Crippen LogP contribution is -2.38. The molecule has 2 unspecified atom stereocenters. The third-order valence-corrected chi connectivity index (χ3v) is 2.91. The molecular formula is C12H21N5O4. The number of hydrogen-bond donors (Lipinski definition) is 5. The van der Waals surface area contributed by atoms with Gasteiger partial charge in [0.25, 0.3) is 5.91 Å². The monoisotopic (exact) mass is 299 g/mol. The fourth-order valence-corrected chi connectivity index (χ4v) is 1.85. The van der Waals surface area contributed by atoms with Gasteiger partial charge in [0.05, 0.1) is 12.1 Å². The van der Waals surface area contributed by atoms with Gasteiger partial charge in [0, 0.05) is 19.2 Å². The number of nitrogens with one attached hydrogen (secondary N) is 3. The maximum atomic E-state index is 11.7. The molecule has 0 radical (unpaired) electrons. The van der Waals surface area contributed by atoms with Crippen LogP contribution in [0.15, 0.2) is 6.20 Å². The zero-order valence-electron chi connectivity index (χ0n) is 11.9. The third-order valence-electron chi connectivity index (χ3n) is 2.91. The lowest BCUT2D eigenvalue weighted by Gasteiger charge is -2.18. The second-order valence-corrected chi connectivity index (χ2v) is 4.78. The summed E-state index contributed by atoms with van der Waals surface area (Å²) < 4.78 is 0. The zero-order chi connectivity index (χ0) is 15.7. The molecule has 0 saturated heterocycles. The number of amides is 1. The third kappa shape index (κ3) is 6.32. The topological polar surface area (TPSA) is 140 Å². The average molecular weight is 299 g/mol. The van der Waals surface area contributed by atoms with Gasteiger partial charge in [0.2, 0.25) is 0 Å². The second kappa shape index (κ2) is 9.03. The number of aliphatic hydroxyl groups excluding tert-OH is 1. The first kappa shape index (κ1) is 17.1. The molecule has 1 aromatic rings. The van der Waals surface area contributed by atoms with Crippen molar-refractivity contribution >= 4 is 11.9 Å². The van der Waals surface area contributed by atoms with Gasteiger partial charge in [-0.05, 0) is 26.3 Å². The van der Waals surface area contributed by atoms with Crippen molar-refractivity contribution in [2.24, 2.45) is 5.92 Å². The van der Waals surface area contributed by atoms with Crippen LogP contribution in [-0.4, -0.2) is 63.2 Å². The molecule has 0 aliphatic carbocycles. The first-order chi connectivity index (χ1) is 10.0. The minimum Gasteiger partial charge on any atom is -0.481 e. The Morgan fingerprint density at radius 2 is 2.24 bits per heavy atom. The summed E-state index contributed by atoms with van der Waals surface area (Å²) in [6.45, 7) is 2.65. The lowest BCUT2D eigenvalue weighted by molar-refractivity contribution is -0.142. The largest absolute Gasteiger partial charge is 0.481 e. The van der Waals surface area contributed by atoms with Crippen LogP contribution < -0.4 is 10.6 Å². The Hall–Kier alpha value is -2.00. The van der Waals surface area contributed by atoms with Crippen molar-refractivity contribution in [3.63, 3.8) is 0 Å². The number of aliphatic hydroxyl groups is 1. The quantitative estimate of drug-likeness (QED) is 0.348. The van der Waals surface area contributed by atoms with Gasteiger partial charge in [-0.3, -0.25) is 9.59 Å². The molecule has 0 aliphatic rings. The van der Waals surface area contributed by atoms with E-state index in [1.165, 1.54) is 6.20 Å². The van der Waals surface area contributed by atoms with E-state index in [2.05, 4.69) is 26.0 Å². The Kier molecular flexibility index (Phi) is 7.33. The number of nitrogens with zero attached hydrogens (tertiary/aromatic N) is 2. The number of H-pyrrole nitrogens is 1. The van der Waals surface area contributed by atoms with E-state index in [0.717, 1.165) is 0 Å². The Balaban J connectivity index is 2.39. The van der Waals surface area contributed by atoms with Crippen molar-refractivity contribution < 1.29 is 19.8 Å². The number of carbonyl (C=O) groups is 2. The van der Waals surface area contributed by atoms with Crippen LogP contribution in [0.3, 0.4) is 0 Å². The van der Waals surface area contributed by atoms with Crippen molar-refractivity contribution in [3.8, 4) is 0 Å². The number of hydrogen-bond acceptors (Lipinski definition) is 6. The van der Waals surface area contributed by atoms with E-state index in [1.54, 1.807) is 6.92 Å². The molecule has 1 aromatic heterocycles. The molecule has 0 bridgehead atoms. The summed E-state index contributed by atoms with van der Waals surface area (Å²) in [5, 5.41) is 33.0. The zero-order valence-corrected chi connectivity index (χ0v) is 11.9. The molecule has 9 nitrogen and oxygen atoms in total. The highest BCUT2D eigenvalue weighted by Crippen LogP contribution is 2.07. The standard InChI is InChI=1S/C12H21N5O4/c1-8(15-11(19)10-7-14-17-16-10)5-9(12(20)21)6-13-3-2-4-18/h7-9,13,18H,2-6H2,1H3,(H,15,19)(H,20,21)(H,14,16,17). The van der Waals surface area contributed by atoms with Crippen LogP contribution in [0.4, 0.5) is 0 Å². The van der Waals surface area contributed by atoms with Crippen LogP contribution >= 0.6 is 0 Å². The molecule has 0 fully saturated rings. The van der Waals surface area contributed by atoms with Crippen LogP contribution in [0.25, 0.3) is 0 Å². The van der Waals surface area contributed by atoms with Crippen molar-refractivity contribution in [1.82, 2.24) is 26.0 Å². The summed E-state index contributed by atoms with van der Waals surface area (Å²) in [6, 6.07) is -0.310. The number of carboxylic acid groups (broad SMARTS) is 1. The fourth-order valence-electron chi connectivity index (χ4n) is 1.85. The summed E-state index contributed by atoms with van der Waals surface area (Å²) in [4.78, 5) is 22.9. The van der Waals surface area contributed by atoms with E-state index < -0.39 is 17.8 Å². The highest BCUT2D eigenvalue weighted by Gasteiger charge is 2.21. The number of aromatic nitrogens is 3. The molecule has 0 aromatic carbocycles. The Morgan fingerprint density at radius 3 is 2.81 bits per heavy atom. The van der Waals surface area contributed by atoms with Crippen molar-refractivity contribution in [3.05, 3.63) is 11.9 Å². The van der Waals surface area contributed by atoms with E-state index in [1.807, 2.05) is 0 Å². The number of aliphatic carboxylic acids is 1. The van der Waals surface area contributed by atoms with Gasteiger partial charge in [-0.15, -0.1) is 0 Å². The first-order valence-corrected chi connectivity index (χ1v) is 6.75. The maximum Gasteiger partial charge on any atom is 0.307 e. The van der Waals surface area contributed by atoms with Crippen molar-refractivity contribution in [2.75, 3.05) is 19.7 Å². The molecule has 1 rings (SSSR count). The van der Waals surface area contributed by atoms with E-state index >= 15 is 0 Å². The molecule has 0 aliphatic heterocycles.